The highest BCUT2D eigenvalue weighted by molar-refractivity contribution is 5.93. The van der Waals surface area contributed by atoms with Crippen molar-refractivity contribution in [1.29, 1.82) is 0 Å². The lowest BCUT2D eigenvalue weighted by Gasteiger charge is -2.36. The smallest absolute Gasteiger partial charge is 0.272 e. The number of nitrogens with zero attached hydrogens (tertiary/aromatic N) is 5. The lowest BCUT2D eigenvalue weighted by molar-refractivity contribution is 0.0299. The summed E-state index contributed by atoms with van der Waals surface area (Å²) in [7, 11) is 0. The van der Waals surface area contributed by atoms with Crippen molar-refractivity contribution in [3.05, 3.63) is 48.4 Å². The summed E-state index contributed by atoms with van der Waals surface area (Å²) < 4.78 is 5.31. The second-order valence-electron chi connectivity index (χ2n) is 6.48. The molecule has 0 saturated carbocycles. The maximum Gasteiger partial charge on any atom is 0.272 e. The first-order chi connectivity index (χ1) is 12.8. The van der Waals surface area contributed by atoms with Crippen molar-refractivity contribution in [2.75, 3.05) is 62.3 Å². The topological polar surface area (TPSA) is 61.8 Å². The van der Waals surface area contributed by atoms with E-state index >= 15 is 0 Å². The summed E-state index contributed by atoms with van der Waals surface area (Å²) in [5.41, 5.74) is 1.71. The molecule has 3 heterocycles. The predicted molar refractivity (Wildman–Crippen MR) is 99.6 cm³/mol. The van der Waals surface area contributed by atoms with E-state index in [1.807, 2.05) is 12.1 Å². The summed E-state index contributed by atoms with van der Waals surface area (Å²) >= 11 is 0. The van der Waals surface area contributed by atoms with Crippen LogP contribution in [0, 0.1) is 0 Å². The Hall–Kier alpha value is -2.67. The molecule has 4 rings (SSSR count). The zero-order valence-electron chi connectivity index (χ0n) is 14.8. The first kappa shape index (κ1) is 16.8. The first-order valence-corrected chi connectivity index (χ1v) is 9.05. The molecule has 1 amide bonds. The molecule has 2 aliphatic rings. The first-order valence-electron chi connectivity index (χ1n) is 9.05. The van der Waals surface area contributed by atoms with Crippen LogP contribution in [0.15, 0.2) is 42.7 Å². The third kappa shape index (κ3) is 3.62. The Morgan fingerprint density at radius 1 is 0.885 bits per heavy atom. The molecular formula is C19H23N5O2. The number of amides is 1. The van der Waals surface area contributed by atoms with Crippen LogP contribution in [0.2, 0.25) is 0 Å². The summed E-state index contributed by atoms with van der Waals surface area (Å²) in [6.45, 7) is 6.02. The standard InChI is InChI=1S/C19H23N5O2/c25-19(24-10-12-26-13-11-24)17-14-18(21-15-20-17)23-8-6-22(7-9-23)16-4-2-1-3-5-16/h1-5,14-15H,6-13H2. The largest absolute Gasteiger partial charge is 0.378 e. The van der Waals surface area contributed by atoms with Gasteiger partial charge in [-0.1, -0.05) is 18.2 Å². The quantitative estimate of drug-likeness (QED) is 0.828. The number of anilines is 2. The average Bonchev–Trinajstić information content (AvgIpc) is 2.75. The molecule has 0 atom stereocenters. The Morgan fingerprint density at radius 2 is 1.58 bits per heavy atom. The van der Waals surface area contributed by atoms with E-state index in [4.69, 9.17) is 4.74 Å². The number of benzene rings is 1. The molecule has 2 saturated heterocycles. The van der Waals surface area contributed by atoms with Crippen molar-refractivity contribution in [2.45, 2.75) is 0 Å². The van der Waals surface area contributed by atoms with Crippen LogP contribution in [0.1, 0.15) is 10.5 Å². The van der Waals surface area contributed by atoms with Crippen LogP contribution < -0.4 is 9.80 Å². The molecule has 0 unspecified atom stereocenters. The number of ether oxygens (including phenoxy) is 1. The third-order valence-electron chi connectivity index (χ3n) is 4.90. The van der Waals surface area contributed by atoms with Crippen LogP contribution in [0.4, 0.5) is 11.5 Å². The Morgan fingerprint density at radius 3 is 2.31 bits per heavy atom. The van der Waals surface area contributed by atoms with Crippen LogP contribution in [0.5, 0.6) is 0 Å². The number of morpholine rings is 1. The van der Waals surface area contributed by atoms with Gasteiger partial charge in [-0.15, -0.1) is 0 Å². The number of carbonyl (C=O) groups excluding carboxylic acids is 1. The predicted octanol–water partition coefficient (Wildman–Crippen LogP) is 1.28. The Labute approximate surface area is 153 Å². The third-order valence-corrected chi connectivity index (χ3v) is 4.90. The Kier molecular flexibility index (Phi) is 4.97. The van der Waals surface area contributed by atoms with Crippen molar-refractivity contribution in [3.63, 3.8) is 0 Å². The fourth-order valence-electron chi connectivity index (χ4n) is 3.40. The lowest BCUT2D eigenvalue weighted by Crippen LogP contribution is -2.47. The van der Waals surface area contributed by atoms with E-state index in [0.717, 1.165) is 32.0 Å². The van der Waals surface area contributed by atoms with E-state index in [1.54, 1.807) is 4.90 Å². The van der Waals surface area contributed by atoms with Gasteiger partial charge in [0, 0.05) is 51.0 Å². The zero-order chi connectivity index (χ0) is 17.8. The molecule has 1 aromatic carbocycles. The van der Waals surface area contributed by atoms with Gasteiger partial charge in [0.1, 0.15) is 17.8 Å². The van der Waals surface area contributed by atoms with Crippen LogP contribution in [0.3, 0.4) is 0 Å². The Balaban J connectivity index is 1.42. The van der Waals surface area contributed by atoms with Gasteiger partial charge in [-0.05, 0) is 12.1 Å². The van der Waals surface area contributed by atoms with Crippen molar-refractivity contribution >= 4 is 17.4 Å². The van der Waals surface area contributed by atoms with Crippen molar-refractivity contribution < 1.29 is 9.53 Å². The Bertz CT molecular complexity index is 741. The number of rotatable bonds is 3. The van der Waals surface area contributed by atoms with E-state index < -0.39 is 0 Å². The molecular weight excluding hydrogens is 330 g/mol. The van der Waals surface area contributed by atoms with E-state index in [1.165, 1.54) is 12.0 Å². The second kappa shape index (κ2) is 7.70. The normalized spacial score (nSPS) is 18.1. The van der Waals surface area contributed by atoms with Gasteiger partial charge in [-0.3, -0.25) is 4.79 Å². The fraction of sp³-hybridized carbons (Fsp3) is 0.421. The molecule has 26 heavy (non-hydrogen) atoms. The van der Waals surface area contributed by atoms with E-state index in [9.17, 15) is 4.79 Å². The van der Waals surface area contributed by atoms with Gasteiger partial charge < -0.3 is 19.4 Å². The van der Waals surface area contributed by atoms with Crippen molar-refractivity contribution in [2.24, 2.45) is 0 Å². The number of hydrogen-bond acceptors (Lipinski definition) is 6. The van der Waals surface area contributed by atoms with Crippen LogP contribution in [-0.4, -0.2) is 73.3 Å². The van der Waals surface area contributed by atoms with Gasteiger partial charge >= 0.3 is 0 Å². The minimum absolute atomic E-state index is 0.0418. The molecule has 2 fully saturated rings. The van der Waals surface area contributed by atoms with Gasteiger partial charge in [-0.2, -0.15) is 0 Å². The van der Waals surface area contributed by atoms with Gasteiger partial charge in [0.25, 0.3) is 5.91 Å². The molecule has 0 spiro atoms. The highest BCUT2D eigenvalue weighted by atomic mass is 16.5. The van der Waals surface area contributed by atoms with Crippen LogP contribution in [0.25, 0.3) is 0 Å². The molecule has 0 N–H and O–H groups in total. The summed E-state index contributed by atoms with van der Waals surface area (Å²) in [6, 6.07) is 12.3. The SMILES string of the molecule is O=C(c1cc(N2CCN(c3ccccc3)CC2)ncn1)N1CCOCC1. The zero-order valence-corrected chi connectivity index (χ0v) is 14.8. The molecule has 1 aromatic heterocycles. The molecule has 0 aliphatic carbocycles. The number of hydrogen-bond donors (Lipinski definition) is 0. The summed E-state index contributed by atoms with van der Waals surface area (Å²) in [5.74, 6) is 0.782. The highest BCUT2D eigenvalue weighted by Gasteiger charge is 2.22. The van der Waals surface area contributed by atoms with Gasteiger partial charge in [0.2, 0.25) is 0 Å². The molecule has 0 radical (unpaired) electrons. The second-order valence-corrected chi connectivity index (χ2v) is 6.48. The van der Waals surface area contributed by atoms with E-state index in [0.29, 0.717) is 32.0 Å². The van der Waals surface area contributed by atoms with E-state index in [-0.39, 0.29) is 5.91 Å². The lowest BCUT2D eigenvalue weighted by atomic mass is 10.2. The van der Waals surface area contributed by atoms with Crippen molar-refractivity contribution in [3.8, 4) is 0 Å². The maximum atomic E-state index is 12.6. The number of piperazine rings is 1. The van der Waals surface area contributed by atoms with Gasteiger partial charge in [0.15, 0.2) is 0 Å². The molecule has 2 aromatic rings. The van der Waals surface area contributed by atoms with E-state index in [2.05, 4.69) is 44.0 Å². The molecule has 7 heteroatoms. The summed E-state index contributed by atoms with van der Waals surface area (Å²) in [6.07, 6.45) is 1.49. The minimum atomic E-state index is -0.0418. The molecule has 7 nitrogen and oxygen atoms in total. The average molecular weight is 353 g/mol. The summed E-state index contributed by atoms with van der Waals surface area (Å²) in [5, 5.41) is 0. The summed E-state index contributed by atoms with van der Waals surface area (Å²) in [4.78, 5) is 27.6. The maximum absolute atomic E-state index is 12.6. The number of carbonyl (C=O) groups is 1. The van der Waals surface area contributed by atoms with Crippen LogP contribution >= 0.6 is 0 Å². The van der Waals surface area contributed by atoms with Gasteiger partial charge in [-0.25, -0.2) is 9.97 Å². The van der Waals surface area contributed by atoms with Gasteiger partial charge in [0.05, 0.1) is 13.2 Å². The van der Waals surface area contributed by atoms with Crippen molar-refractivity contribution in [1.82, 2.24) is 14.9 Å². The number of aromatic nitrogens is 2. The van der Waals surface area contributed by atoms with Crippen LogP contribution in [-0.2, 0) is 4.74 Å². The molecule has 136 valence electrons. The minimum Gasteiger partial charge on any atom is -0.378 e. The fourth-order valence-corrected chi connectivity index (χ4v) is 3.40. The highest BCUT2D eigenvalue weighted by Crippen LogP contribution is 2.19. The number of para-hydroxylation sites is 1. The monoisotopic (exact) mass is 353 g/mol. The molecule has 0 bridgehead atoms. The molecule has 2 aliphatic heterocycles.